The SMILES string of the molecule is CCOC(=O)C(F)=C(C)N. The molecule has 0 aromatic heterocycles. The first-order chi connectivity index (χ1) is 4.59. The number of esters is 1. The van der Waals surface area contributed by atoms with Crippen molar-refractivity contribution in [2.45, 2.75) is 13.8 Å². The van der Waals surface area contributed by atoms with E-state index in [1.807, 2.05) is 0 Å². The van der Waals surface area contributed by atoms with E-state index in [0.29, 0.717) is 0 Å². The predicted molar refractivity (Wildman–Crippen MR) is 34.6 cm³/mol. The fraction of sp³-hybridized carbons (Fsp3) is 0.500. The van der Waals surface area contributed by atoms with Gasteiger partial charge in [0.25, 0.3) is 0 Å². The Morgan fingerprint density at radius 2 is 2.20 bits per heavy atom. The highest BCUT2D eigenvalue weighted by atomic mass is 19.1. The predicted octanol–water partition coefficient (Wildman–Crippen LogP) is 0.709. The van der Waals surface area contributed by atoms with Crippen molar-refractivity contribution in [3.63, 3.8) is 0 Å². The molecule has 58 valence electrons. The van der Waals surface area contributed by atoms with Gasteiger partial charge in [-0.3, -0.25) is 0 Å². The van der Waals surface area contributed by atoms with Crippen LogP contribution in [0.25, 0.3) is 0 Å². The molecule has 0 aliphatic carbocycles. The van der Waals surface area contributed by atoms with Crippen LogP contribution in [-0.2, 0) is 9.53 Å². The Labute approximate surface area is 58.7 Å². The minimum Gasteiger partial charge on any atom is -0.461 e. The maximum Gasteiger partial charge on any atom is 0.368 e. The first kappa shape index (κ1) is 8.94. The minimum atomic E-state index is -1.01. The summed E-state index contributed by atoms with van der Waals surface area (Å²) in [5.74, 6) is -2.01. The molecule has 0 radical (unpaired) electrons. The third-order valence-corrected chi connectivity index (χ3v) is 0.801. The molecule has 0 amide bonds. The summed E-state index contributed by atoms with van der Waals surface area (Å²) in [6, 6.07) is 0. The van der Waals surface area contributed by atoms with E-state index >= 15 is 0 Å². The van der Waals surface area contributed by atoms with Gasteiger partial charge < -0.3 is 10.5 Å². The second kappa shape index (κ2) is 3.87. The number of carbonyl (C=O) groups excluding carboxylic acids is 1. The van der Waals surface area contributed by atoms with Crippen LogP contribution in [0.3, 0.4) is 0 Å². The first-order valence-electron chi connectivity index (χ1n) is 2.88. The summed E-state index contributed by atoms with van der Waals surface area (Å²) in [4.78, 5) is 10.4. The van der Waals surface area contributed by atoms with Gasteiger partial charge in [0.15, 0.2) is 0 Å². The molecule has 0 aliphatic heterocycles. The lowest BCUT2D eigenvalue weighted by molar-refractivity contribution is -0.140. The Morgan fingerprint density at radius 3 is 2.50 bits per heavy atom. The van der Waals surface area contributed by atoms with E-state index in [1.54, 1.807) is 6.92 Å². The fourth-order valence-corrected chi connectivity index (χ4v) is 0.355. The molecule has 3 nitrogen and oxygen atoms in total. The summed E-state index contributed by atoms with van der Waals surface area (Å²) in [6.07, 6.45) is 0. The van der Waals surface area contributed by atoms with Crippen molar-refractivity contribution in [1.29, 1.82) is 0 Å². The van der Waals surface area contributed by atoms with Crippen molar-refractivity contribution in [2.75, 3.05) is 6.61 Å². The van der Waals surface area contributed by atoms with Crippen LogP contribution < -0.4 is 5.73 Å². The van der Waals surface area contributed by atoms with Crippen LogP contribution in [0.1, 0.15) is 13.8 Å². The Kier molecular flexibility index (Phi) is 3.46. The van der Waals surface area contributed by atoms with Crippen LogP contribution in [0.4, 0.5) is 4.39 Å². The lowest BCUT2D eigenvalue weighted by Crippen LogP contribution is -2.09. The molecule has 0 saturated heterocycles. The second-order valence-electron chi connectivity index (χ2n) is 1.72. The number of allylic oxidation sites excluding steroid dienone is 1. The zero-order valence-corrected chi connectivity index (χ0v) is 5.98. The number of carbonyl (C=O) groups is 1. The lowest BCUT2D eigenvalue weighted by Gasteiger charge is -1.98. The van der Waals surface area contributed by atoms with Gasteiger partial charge in [-0.25, -0.2) is 4.79 Å². The second-order valence-corrected chi connectivity index (χ2v) is 1.72. The third-order valence-electron chi connectivity index (χ3n) is 0.801. The maximum absolute atomic E-state index is 12.4. The smallest absolute Gasteiger partial charge is 0.368 e. The Balaban J connectivity index is 4.09. The maximum atomic E-state index is 12.4. The number of hydrogen-bond donors (Lipinski definition) is 1. The van der Waals surface area contributed by atoms with Gasteiger partial charge in [0.1, 0.15) is 0 Å². The van der Waals surface area contributed by atoms with Gasteiger partial charge in [-0.15, -0.1) is 0 Å². The molecule has 0 bridgehead atoms. The van der Waals surface area contributed by atoms with Crippen molar-refractivity contribution < 1.29 is 13.9 Å². The van der Waals surface area contributed by atoms with Crippen molar-refractivity contribution in [3.8, 4) is 0 Å². The highest BCUT2D eigenvalue weighted by molar-refractivity contribution is 5.86. The highest BCUT2D eigenvalue weighted by Gasteiger charge is 2.10. The van der Waals surface area contributed by atoms with Crippen molar-refractivity contribution in [2.24, 2.45) is 5.73 Å². The minimum absolute atomic E-state index is 0.152. The van der Waals surface area contributed by atoms with E-state index in [0.717, 1.165) is 0 Å². The average Bonchev–Trinajstić information content (AvgIpc) is 1.87. The summed E-state index contributed by atoms with van der Waals surface area (Å²) in [5.41, 5.74) is 4.82. The number of nitrogens with two attached hydrogens (primary N) is 1. The molecule has 0 spiro atoms. The molecule has 0 unspecified atom stereocenters. The van der Waals surface area contributed by atoms with Crippen LogP contribution in [0.15, 0.2) is 11.5 Å². The standard InChI is InChI=1S/C6H10FNO2/c1-3-10-6(9)5(7)4(2)8/h3,8H2,1-2H3. The molecule has 10 heavy (non-hydrogen) atoms. The lowest BCUT2D eigenvalue weighted by atomic mass is 10.4. The summed E-state index contributed by atoms with van der Waals surface area (Å²) in [5, 5.41) is 0. The van der Waals surface area contributed by atoms with Crippen LogP contribution in [0.5, 0.6) is 0 Å². The molecule has 0 atom stereocenters. The molecular formula is C6H10FNO2. The Morgan fingerprint density at radius 1 is 1.70 bits per heavy atom. The van der Waals surface area contributed by atoms with Gasteiger partial charge in [0.05, 0.1) is 6.61 Å². The molecule has 0 aliphatic rings. The van der Waals surface area contributed by atoms with Gasteiger partial charge in [-0.05, 0) is 13.8 Å². The summed E-state index contributed by atoms with van der Waals surface area (Å²) in [7, 11) is 0. The zero-order chi connectivity index (χ0) is 8.15. The summed E-state index contributed by atoms with van der Waals surface area (Å²) < 4.78 is 16.7. The summed E-state index contributed by atoms with van der Waals surface area (Å²) >= 11 is 0. The van der Waals surface area contributed by atoms with E-state index in [-0.39, 0.29) is 12.3 Å². The van der Waals surface area contributed by atoms with Crippen molar-refractivity contribution in [3.05, 3.63) is 11.5 Å². The Bertz CT molecular complexity index is 161. The van der Waals surface area contributed by atoms with E-state index in [2.05, 4.69) is 4.74 Å². The topological polar surface area (TPSA) is 52.3 Å². The van der Waals surface area contributed by atoms with Crippen molar-refractivity contribution in [1.82, 2.24) is 0 Å². The van der Waals surface area contributed by atoms with Crippen LogP contribution in [0.2, 0.25) is 0 Å². The largest absolute Gasteiger partial charge is 0.461 e. The first-order valence-corrected chi connectivity index (χ1v) is 2.88. The summed E-state index contributed by atoms with van der Waals surface area (Å²) in [6.45, 7) is 3.04. The van der Waals surface area contributed by atoms with Gasteiger partial charge >= 0.3 is 5.97 Å². The molecule has 0 saturated carbocycles. The normalized spacial score (nSPS) is 12.3. The molecule has 4 heteroatoms. The van der Waals surface area contributed by atoms with E-state index in [9.17, 15) is 9.18 Å². The molecule has 0 aromatic rings. The van der Waals surface area contributed by atoms with Crippen LogP contribution in [-0.4, -0.2) is 12.6 Å². The molecular weight excluding hydrogens is 137 g/mol. The number of ether oxygens (including phenoxy) is 1. The number of rotatable bonds is 2. The molecule has 2 N–H and O–H groups in total. The molecule has 0 aromatic carbocycles. The monoisotopic (exact) mass is 147 g/mol. The molecule has 0 rings (SSSR count). The van der Waals surface area contributed by atoms with Crippen LogP contribution >= 0.6 is 0 Å². The van der Waals surface area contributed by atoms with Crippen LogP contribution in [0, 0.1) is 0 Å². The van der Waals surface area contributed by atoms with Gasteiger partial charge in [0, 0.05) is 5.70 Å². The van der Waals surface area contributed by atoms with Gasteiger partial charge in [-0.1, -0.05) is 0 Å². The van der Waals surface area contributed by atoms with Crippen molar-refractivity contribution >= 4 is 5.97 Å². The van der Waals surface area contributed by atoms with Gasteiger partial charge in [0.2, 0.25) is 5.83 Å². The third kappa shape index (κ3) is 2.48. The quantitative estimate of drug-likeness (QED) is 0.462. The van der Waals surface area contributed by atoms with Gasteiger partial charge in [-0.2, -0.15) is 4.39 Å². The van der Waals surface area contributed by atoms with E-state index < -0.39 is 11.8 Å². The average molecular weight is 147 g/mol. The zero-order valence-electron chi connectivity index (χ0n) is 5.98. The number of halogens is 1. The molecule has 0 heterocycles. The number of hydrogen-bond acceptors (Lipinski definition) is 3. The van der Waals surface area contributed by atoms with E-state index in [1.165, 1.54) is 6.92 Å². The molecule has 0 fully saturated rings. The highest BCUT2D eigenvalue weighted by Crippen LogP contribution is 2.02. The van der Waals surface area contributed by atoms with E-state index in [4.69, 9.17) is 5.73 Å². The Hall–Kier alpha value is -1.06. The fourth-order valence-electron chi connectivity index (χ4n) is 0.355.